The van der Waals surface area contributed by atoms with Crippen molar-refractivity contribution in [2.24, 2.45) is 0 Å². The molecule has 7 heteroatoms. The minimum atomic E-state index is -2.50. The number of Topliss-reactive ketones (excluding diaryl/α,β-unsaturated/α-hetero) is 3. The van der Waals surface area contributed by atoms with Crippen LogP contribution in [0.3, 0.4) is 0 Å². The lowest BCUT2D eigenvalue weighted by molar-refractivity contribution is 0.101. The van der Waals surface area contributed by atoms with Crippen molar-refractivity contribution in [1.82, 2.24) is 0 Å². The first-order chi connectivity index (χ1) is 9.77. The van der Waals surface area contributed by atoms with Crippen LogP contribution in [0.25, 0.3) is 0 Å². The van der Waals surface area contributed by atoms with Crippen LogP contribution < -0.4 is 4.52 Å². The lowest BCUT2D eigenvalue weighted by atomic mass is 9.98. The van der Waals surface area contributed by atoms with Crippen LogP contribution in [0.1, 0.15) is 58.8 Å². The van der Waals surface area contributed by atoms with Crippen LogP contribution in [0.2, 0.25) is 0 Å². The number of hydrogen-bond acceptors (Lipinski definition) is 6. The number of ketones is 3. The zero-order chi connectivity index (χ0) is 16.2. The molecule has 0 bridgehead atoms. The van der Waals surface area contributed by atoms with Gasteiger partial charge in [-0.2, -0.15) is 0 Å². The van der Waals surface area contributed by atoms with Crippen LogP contribution in [-0.4, -0.2) is 24.0 Å². The minimum Gasteiger partial charge on any atom is -0.295 e. The fourth-order valence-corrected chi connectivity index (χ4v) is 2.27. The van der Waals surface area contributed by atoms with Gasteiger partial charge in [0.15, 0.2) is 17.3 Å². The number of hydrogen-bond donors (Lipinski definition) is 0. The van der Waals surface area contributed by atoms with Crippen LogP contribution in [-0.2, 0) is 9.09 Å². The summed E-state index contributed by atoms with van der Waals surface area (Å²) >= 11 is 0. The average molecular weight is 311 g/mol. The molecule has 1 unspecified atom stereocenters. The Hall–Kier alpha value is -1.91. The lowest BCUT2D eigenvalue weighted by Gasteiger charge is -2.08. The van der Waals surface area contributed by atoms with Crippen molar-refractivity contribution in [2.45, 2.75) is 27.7 Å². The van der Waals surface area contributed by atoms with Gasteiger partial charge in [0.2, 0.25) is 5.75 Å². The van der Waals surface area contributed by atoms with Gasteiger partial charge in [-0.05, 0) is 39.8 Å². The third-order valence-electron chi connectivity index (χ3n) is 2.65. The zero-order valence-electron chi connectivity index (χ0n) is 12.3. The Bertz CT molecular complexity index is 585. The van der Waals surface area contributed by atoms with Crippen molar-refractivity contribution in [3.63, 3.8) is 0 Å². The van der Waals surface area contributed by atoms with Gasteiger partial charge in [0, 0.05) is 10.1 Å². The summed E-state index contributed by atoms with van der Waals surface area (Å²) in [6.45, 7) is 5.65. The summed E-state index contributed by atoms with van der Waals surface area (Å²) in [6.07, 6.45) is 0. The summed E-state index contributed by atoms with van der Waals surface area (Å²) in [5.74, 6) is -1.22. The number of benzene rings is 1. The standard InChI is InChI=1S/C14H16O6P/c1-5-19-21(18)20-14-12(9(3)16)6-11(8(2)15)7-13(14)10(4)17/h6-7H,5H2,1-4H3/q+1. The second-order valence-electron chi connectivity index (χ2n) is 4.30. The predicted octanol–water partition coefficient (Wildman–Crippen LogP) is 3.37. The summed E-state index contributed by atoms with van der Waals surface area (Å²) < 4.78 is 21.5. The Kier molecular flexibility index (Phi) is 5.88. The molecule has 0 saturated carbocycles. The molecule has 6 nitrogen and oxygen atoms in total. The molecule has 112 valence electrons. The van der Waals surface area contributed by atoms with Gasteiger partial charge in [-0.1, -0.05) is 0 Å². The highest BCUT2D eigenvalue weighted by atomic mass is 31.1. The third-order valence-corrected chi connectivity index (χ3v) is 3.46. The molecule has 0 aliphatic carbocycles. The molecule has 0 N–H and O–H groups in total. The number of rotatable bonds is 7. The van der Waals surface area contributed by atoms with Gasteiger partial charge in [0.1, 0.15) is 6.61 Å². The maximum atomic E-state index is 11.7. The molecule has 0 heterocycles. The maximum Gasteiger partial charge on any atom is 0.750 e. The van der Waals surface area contributed by atoms with Crippen LogP contribution in [0.4, 0.5) is 0 Å². The fraction of sp³-hybridized carbons (Fsp3) is 0.357. The molecule has 0 fully saturated rings. The number of carbonyl (C=O) groups is 3. The van der Waals surface area contributed by atoms with E-state index in [0.29, 0.717) is 0 Å². The minimum absolute atomic E-state index is 0.0240. The van der Waals surface area contributed by atoms with E-state index in [1.807, 2.05) is 0 Å². The zero-order valence-corrected chi connectivity index (χ0v) is 13.2. The normalized spacial score (nSPS) is 11.0. The van der Waals surface area contributed by atoms with E-state index >= 15 is 0 Å². The van der Waals surface area contributed by atoms with E-state index in [4.69, 9.17) is 9.05 Å². The van der Waals surface area contributed by atoms with Gasteiger partial charge in [-0.15, -0.1) is 4.52 Å². The highest BCUT2D eigenvalue weighted by Crippen LogP contribution is 2.35. The third kappa shape index (κ3) is 4.28. The molecule has 1 aromatic carbocycles. The van der Waals surface area contributed by atoms with E-state index in [0.717, 1.165) is 0 Å². The molecule has 1 aromatic rings. The van der Waals surface area contributed by atoms with Crippen molar-refractivity contribution in [1.29, 1.82) is 0 Å². The Balaban J connectivity index is 3.50. The van der Waals surface area contributed by atoms with E-state index in [1.54, 1.807) is 6.92 Å². The molecule has 0 aromatic heterocycles. The predicted molar refractivity (Wildman–Crippen MR) is 76.3 cm³/mol. The molecule has 0 aliphatic rings. The summed E-state index contributed by atoms with van der Waals surface area (Å²) in [7, 11) is -2.50. The van der Waals surface area contributed by atoms with E-state index in [1.165, 1.54) is 32.9 Å². The Morgan fingerprint density at radius 1 is 1.00 bits per heavy atom. The molecule has 0 spiro atoms. The quantitative estimate of drug-likeness (QED) is 0.567. The summed E-state index contributed by atoms with van der Waals surface area (Å²) in [6, 6.07) is 2.64. The van der Waals surface area contributed by atoms with Gasteiger partial charge in [-0.25, -0.2) is 4.52 Å². The first-order valence-electron chi connectivity index (χ1n) is 6.26. The van der Waals surface area contributed by atoms with Crippen LogP contribution in [0.15, 0.2) is 12.1 Å². The first-order valence-corrected chi connectivity index (χ1v) is 7.36. The van der Waals surface area contributed by atoms with Crippen molar-refractivity contribution in [3.8, 4) is 5.75 Å². The molecular formula is C14H16O6P+. The van der Waals surface area contributed by atoms with Gasteiger partial charge >= 0.3 is 8.25 Å². The molecule has 1 rings (SSSR count). The van der Waals surface area contributed by atoms with Gasteiger partial charge in [0.05, 0.1) is 11.1 Å². The summed E-state index contributed by atoms with van der Waals surface area (Å²) in [5.41, 5.74) is 0.260. The topological polar surface area (TPSA) is 86.7 Å². The van der Waals surface area contributed by atoms with Gasteiger partial charge in [0.25, 0.3) is 0 Å². The molecule has 0 amide bonds. The van der Waals surface area contributed by atoms with E-state index < -0.39 is 19.8 Å². The van der Waals surface area contributed by atoms with Crippen LogP contribution >= 0.6 is 8.25 Å². The van der Waals surface area contributed by atoms with Crippen molar-refractivity contribution in [3.05, 3.63) is 28.8 Å². The Morgan fingerprint density at radius 2 is 1.48 bits per heavy atom. The molecule has 0 radical (unpaired) electrons. The molecule has 0 aliphatic heterocycles. The van der Waals surface area contributed by atoms with Gasteiger partial charge in [-0.3, -0.25) is 14.4 Å². The van der Waals surface area contributed by atoms with Gasteiger partial charge < -0.3 is 0 Å². The first kappa shape index (κ1) is 17.1. The monoisotopic (exact) mass is 311 g/mol. The second kappa shape index (κ2) is 7.20. The average Bonchev–Trinajstić information content (AvgIpc) is 2.37. The number of carbonyl (C=O) groups excluding carboxylic acids is 3. The SMILES string of the molecule is CCO[P+](=O)Oc1c(C(C)=O)cc(C(C)=O)cc1C(C)=O. The molecule has 1 atom stereocenters. The molecule has 0 saturated heterocycles. The van der Waals surface area contributed by atoms with Crippen LogP contribution in [0.5, 0.6) is 5.75 Å². The largest absolute Gasteiger partial charge is 0.750 e. The van der Waals surface area contributed by atoms with Crippen molar-refractivity contribution in [2.75, 3.05) is 6.61 Å². The molecule has 21 heavy (non-hydrogen) atoms. The highest BCUT2D eigenvalue weighted by molar-refractivity contribution is 7.33. The fourth-order valence-electron chi connectivity index (χ4n) is 1.66. The Morgan fingerprint density at radius 3 is 1.81 bits per heavy atom. The lowest BCUT2D eigenvalue weighted by Crippen LogP contribution is -2.07. The van der Waals surface area contributed by atoms with E-state index in [9.17, 15) is 18.9 Å². The van der Waals surface area contributed by atoms with Crippen molar-refractivity contribution >= 4 is 25.6 Å². The van der Waals surface area contributed by atoms with Crippen LogP contribution in [0, 0.1) is 0 Å². The Labute approximate surface area is 123 Å². The summed E-state index contributed by atoms with van der Waals surface area (Å²) in [5, 5.41) is 0. The highest BCUT2D eigenvalue weighted by Gasteiger charge is 2.29. The maximum absolute atomic E-state index is 11.7. The second-order valence-corrected chi connectivity index (χ2v) is 5.19. The molecular weight excluding hydrogens is 295 g/mol. The van der Waals surface area contributed by atoms with E-state index in [-0.39, 0.29) is 34.8 Å². The van der Waals surface area contributed by atoms with Crippen molar-refractivity contribution < 1.29 is 28.0 Å². The van der Waals surface area contributed by atoms with E-state index in [2.05, 4.69) is 0 Å². The summed E-state index contributed by atoms with van der Waals surface area (Å²) in [4.78, 5) is 34.9. The smallest absolute Gasteiger partial charge is 0.295 e.